The molecule has 108 valence electrons. The van der Waals surface area contributed by atoms with Crippen LogP contribution in [-0.4, -0.2) is 24.1 Å². The van der Waals surface area contributed by atoms with E-state index in [1.807, 2.05) is 0 Å². The van der Waals surface area contributed by atoms with Gasteiger partial charge < -0.3 is 15.6 Å². The van der Waals surface area contributed by atoms with E-state index in [1.54, 1.807) is 24.3 Å². The van der Waals surface area contributed by atoms with Gasteiger partial charge in [-0.15, -0.1) is 0 Å². The van der Waals surface area contributed by atoms with Crippen molar-refractivity contribution < 1.29 is 19.4 Å². The molecule has 0 bridgehead atoms. The zero-order chi connectivity index (χ0) is 15.6. The molecule has 5 nitrogen and oxygen atoms in total. The van der Waals surface area contributed by atoms with E-state index in [9.17, 15) is 9.59 Å². The first kappa shape index (κ1) is 14.9. The molecule has 0 aliphatic carbocycles. The summed E-state index contributed by atoms with van der Waals surface area (Å²) in [4.78, 5) is 22.3. The van der Waals surface area contributed by atoms with Crippen molar-refractivity contribution in [3.63, 3.8) is 0 Å². The highest BCUT2D eigenvalue weighted by molar-refractivity contribution is 6.33. The minimum atomic E-state index is -1.05. The Morgan fingerprint density at radius 2 is 1.90 bits per heavy atom. The molecule has 0 heterocycles. The summed E-state index contributed by atoms with van der Waals surface area (Å²) in [5.74, 6) is -1.30. The van der Waals surface area contributed by atoms with Gasteiger partial charge in [-0.2, -0.15) is 0 Å². The Balaban J connectivity index is 2.59. The molecular formula is C15H12ClNO4. The van der Waals surface area contributed by atoms with E-state index in [1.165, 1.54) is 19.2 Å². The highest BCUT2D eigenvalue weighted by Crippen LogP contribution is 2.33. The van der Waals surface area contributed by atoms with Gasteiger partial charge in [0, 0.05) is 5.56 Å². The predicted molar refractivity (Wildman–Crippen MR) is 78.9 cm³/mol. The van der Waals surface area contributed by atoms with Crippen molar-refractivity contribution in [2.45, 2.75) is 0 Å². The Kier molecular flexibility index (Phi) is 4.14. The van der Waals surface area contributed by atoms with Crippen LogP contribution in [-0.2, 0) is 0 Å². The number of methoxy groups -OCH3 is 1. The maximum atomic E-state index is 11.3. The molecule has 0 aliphatic heterocycles. The molecule has 0 saturated heterocycles. The second-order valence-corrected chi connectivity index (χ2v) is 4.69. The lowest BCUT2D eigenvalue weighted by atomic mass is 10.00. The fraction of sp³-hybridized carbons (Fsp3) is 0.0667. The third kappa shape index (κ3) is 2.98. The topological polar surface area (TPSA) is 89.6 Å². The van der Waals surface area contributed by atoms with Gasteiger partial charge in [-0.05, 0) is 35.9 Å². The van der Waals surface area contributed by atoms with Gasteiger partial charge in [-0.1, -0.05) is 17.7 Å². The predicted octanol–water partition coefficient (Wildman–Crippen LogP) is 2.81. The normalized spacial score (nSPS) is 10.2. The number of benzene rings is 2. The number of carboxylic acids is 1. The fourth-order valence-electron chi connectivity index (χ4n) is 1.94. The Labute approximate surface area is 125 Å². The molecule has 0 spiro atoms. The van der Waals surface area contributed by atoms with Gasteiger partial charge in [0.05, 0.1) is 23.3 Å². The SMILES string of the molecule is COc1cc(C(=O)O)ccc1-c1ccc(Cl)c(C(N)=O)c1. The maximum absolute atomic E-state index is 11.3. The van der Waals surface area contributed by atoms with E-state index in [4.69, 9.17) is 27.2 Å². The van der Waals surface area contributed by atoms with Gasteiger partial charge in [0.25, 0.3) is 0 Å². The number of carbonyl (C=O) groups is 2. The van der Waals surface area contributed by atoms with Crippen molar-refractivity contribution in [2.75, 3.05) is 7.11 Å². The van der Waals surface area contributed by atoms with Crippen LogP contribution in [0, 0.1) is 0 Å². The summed E-state index contributed by atoms with van der Waals surface area (Å²) in [5, 5.41) is 9.24. The highest BCUT2D eigenvalue weighted by Gasteiger charge is 2.13. The molecule has 1 amide bonds. The molecular weight excluding hydrogens is 294 g/mol. The number of carbonyl (C=O) groups excluding carboxylic acids is 1. The van der Waals surface area contributed by atoms with Crippen molar-refractivity contribution in [1.29, 1.82) is 0 Å². The minimum absolute atomic E-state index is 0.111. The first-order valence-corrected chi connectivity index (χ1v) is 6.33. The van der Waals surface area contributed by atoms with E-state index in [2.05, 4.69) is 0 Å². The Morgan fingerprint density at radius 3 is 2.48 bits per heavy atom. The lowest BCUT2D eigenvalue weighted by Gasteiger charge is -2.11. The molecule has 2 aromatic carbocycles. The number of aromatic carboxylic acids is 1. The van der Waals surface area contributed by atoms with Gasteiger partial charge in [0.15, 0.2) is 0 Å². The van der Waals surface area contributed by atoms with Crippen LogP contribution in [0.1, 0.15) is 20.7 Å². The average molecular weight is 306 g/mol. The summed E-state index contributed by atoms with van der Waals surface area (Å²) in [6.45, 7) is 0. The van der Waals surface area contributed by atoms with Crippen LogP contribution in [0.3, 0.4) is 0 Å². The van der Waals surface area contributed by atoms with Crippen molar-refractivity contribution in [2.24, 2.45) is 5.73 Å². The lowest BCUT2D eigenvalue weighted by Crippen LogP contribution is -2.11. The summed E-state index contributed by atoms with van der Waals surface area (Å²) >= 11 is 5.91. The van der Waals surface area contributed by atoms with Gasteiger partial charge in [-0.25, -0.2) is 4.79 Å². The molecule has 2 rings (SSSR count). The molecule has 21 heavy (non-hydrogen) atoms. The summed E-state index contributed by atoms with van der Waals surface area (Å²) < 4.78 is 5.21. The number of hydrogen-bond acceptors (Lipinski definition) is 3. The number of nitrogens with two attached hydrogens (primary N) is 1. The molecule has 0 unspecified atom stereocenters. The number of carboxylic acid groups (broad SMARTS) is 1. The first-order chi connectivity index (χ1) is 9.93. The number of amides is 1. The van der Waals surface area contributed by atoms with E-state index < -0.39 is 11.9 Å². The average Bonchev–Trinajstić information content (AvgIpc) is 2.46. The molecule has 0 aliphatic rings. The number of rotatable bonds is 4. The van der Waals surface area contributed by atoms with Crippen molar-refractivity contribution >= 4 is 23.5 Å². The third-order valence-corrected chi connectivity index (χ3v) is 3.32. The van der Waals surface area contributed by atoms with Gasteiger partial charge in [-0.3, -0.25) is 4.79 Å². The van der Waals surface area contributed by atoms with Crippen LogP contribution in [0.4, 0.5) is 0 Å². The summed E-state index contributed by atoms with van der Waals surface area (Å²) in [6.07, 6.45) is 0. The van der Waals surface area contributed by atoms with Crippen LogP contribution in [0.5, 0.6) is 5.75 Å². The molecule has 0 fully saturated rings. The molecule has 0 radical (unpaired) electrons. The number of hydrogen-bond donors (Lipinski definition) is 2. The van der Waals surface area contributed by atoms with Gasteiger partial charge in [0.1, 0.15) is 5.75 Å². The highest BCUT2D eigenvalue weighted by atomic mass is 35.5. The fourth-order valence-corrected chi connectivity index (χ4v) is 2.16. The van der Waals surface area contributed by atoms with Gasteiger partial charge in [0.2, 0.25) is 5.91 Å². The molecule has 3 N–H and O–H groups in total. The number of ether oxygens (including phenoxy) is 1. The Morgan fingerprint density at radius 1 is 1.19 bits per heavy atom. The van der Waals surface area contributed by atoms with E-state index in [0.717, 1.165) is 0 Å². The van der Waals surface area contributed by atoms with Gasteiger partial charge >= 0.3 is 5.97 Å². The second-order valence-electron chi connectivity index (χ2n) is 4.28. The standard InChI is InChI=1S/C15H12ClNO4/c1-21-13-7-9(15(19)20)2-4-10(13)8-3-5-12(16)11(6-8)14(17)18/h2-7H,1H3,(H2,17,18)(H,19,20). The lowest BCUT2D eigenvalue weighted by molar-refractivity contribution is 0.0696. The molecule has 0 atom stereocenters. The third-order valence-electron chi connectivity index (χ3n) is 2.99. The van der Waals surface area contributed by atoms with E-state index in [0.29, 0.717) is 16.9 Å². The smallest absolute Gasteiger partial charge is 0.335 e. The molecule has 2 aromatic rings. The van der Waals surface area contributed by atoms with Crippen LogP contribution >= 0.6 is 11.6 Å². The number of primary amides is 1. The van der Waals surface area contributed by atoms with Crippen LogP contribution < -0.4 is 10.5 Å². The van der Waals surface area contributed by atoms with E-state index >= 15 is 0 Å². The molecule has 0 saturated carbocycles. The Hall–Kier alpha value is -2.53. The maximum Gasteiger partial charge on any atom is 0.335 e. The summed E-state index contributed by atoms with van der Waals surface area (Å²) in [5.41, 5.74) is 6.86. The van der Waals surface area contributed by atoms with Crippen LogP contribution in [0.2, 0.25) is 5.02 Å². The van der Waals surface area contributed by atoms with Crippen LogP contribution in [0.25, 0.3) is 11.1 Å². The molecule has 0 aromatic heterocycles. The number of halogens is 1. The molecule has 6 heteroatoms. The van der Waals surface area contributed by atoms with Crippen molar-refractivity contribution in [3.05, 3.63) is 52.5 Å². The minimum Gasteiger partial charge on any atom is -0.496 e. The second kappa shape index (κ2) is 5.85. The first-order valence-electron chi connectivity index (χ1n) is 5.95. The van der Waals surface area contributed by atoms with Crippen molar-refractivity contribution in [3.8, 4) is 16.9 Å². The Bertz CT molecular complexity index is 728. The zero-order valence-electron chi connectivity index (χ0n) is 11.1. The van der Waals surface area contributed by atoms with Crippen molar-refractivity contribution in [1.82, 2.24) is 0 Å². The summed E-state index contributed by atoms with van der Waals surface area (Å²) in [7, 11) is 1.44. The van der Waals surface area contributed by atoms with E-state index in [-0.39, 0.29) is 16.1 Å². The van der Waals surface area contributed by atoms with Crippen LogP contribution in [0.15, 0.2) is 36.4 Å². The summed E-state index contributed by atoms with van der Waals surface area (Å²) in [6, 6.07) is 9.28. The largest absolute Gasteiger partial charge is 0.496 e. The zero-order valence-corrected chi connectivity index (χ0v) is 11.8. The monoisotopic (exact) mass is 305 g/mol. The quantitative estimate of drug-likeness (QED) is 0.909.